The van der Waals surface area contributed by atoms with Crippen LogP contribution in [-0.2, 0) is 11.2 Å². The summed E-state index contributed by atoms with van der Waals surface area (Å²) in [5, 5.41) is 3.56. The van der Waals surface area contributed by atoms with Gasteiger partial charge in [0.05, 0.1) is 0 Å². The SMILES string of the molecule is Nc1ccc2c(c1)CC(=C=O)NCC2c1cc(F)ccc1Cl. The lowest BCUT2D eigenvalue weighted by atomic mass is 9.87. The Bertz CT molecular complexity index is 784. The smallest absolute Gasteiger partial charge is 0.145 e. The summed E-state index contributed by atoms with van der Waals surface area (Å²) in [6, 6.07) is 9.85. The Morgan fingerprint density at radius 3 is 2.82 bits per heavy atom. The Labute approximate surface area is 132 Å². The standard InChI is InChI=1S/C17H14ClFN2O/c18-17-4-1-11(19)7-15(17)16-8-21-13(9-22)6-10-5-12(20)2-3-14(10)16/h1-5,7,16,21H,6,8,20H2. The molecular formula is C17H14ClFN2O. The first-order chi connectivity index (χ1) is 10.6. The van der Waals surface area contributed by atoms with Gasteiger partial charge in [0.15, 0.2) is 0 Å². The van der Waals surface area contributed by atoms with Crippen molar-refractivity contribution in [2.45, 2.75) is 12.3 Å². The molecule has 0 aliphatic carbocycles. The molecule has 1 heterocycles. The molecule has 1 unspecified atom stereocenters. The summed E-state index contributed by atoms with van der Waals surface area (Å²) in [6.07, 6.45) is 0.424. The summed E-state index contributed by atoms with van der Waals surface area (Å²) in [5.74, 6) is 1.41. The molecule has 0 bridgehead atoms. The maximum atomic E-state index is 13.6. The lowest BCUT2D eigenvalue weighted by Crippen LogP contribution is -2.20. The van der Waals surface area contributed by atoms with E-state index in [0.717, 1.165) is 11.1 Å². The first kappa shape index (κ1) is 14.6. The molecule has 22 heavy (non-hydrogen) atoms. The summed E-state index contributed by atoms with van der Waals surface area (Å²) in [4.78, 5) is 11.0. The van der Waals surface area contributed by atoms with Crippen molar-refractivity contribution < 1.29 is 9.18 Å². The molecule has 0 aromatic heterocycles. The van der Waals surface area contributed by atoms with Gasteiger partial charge < -0.3 is 11.1 Å². The number of hydrogen-bond acceptors (Lipinski definition) is 3. The fourth-order valence-corrected chi connectivity index (χ4v) is 3.09. The molecule has 0 amide bonds. The minimum Gasteiger partial charge on any atom is -0.399 e. The Morgan fingerprint density at radius 1 is 1.23 bits per heavy atom. The number of carbonyl (C=O) groups excluding carboxylic acids is 1. The summed E-state index contributed by atoms with van der Waals surface area (Å²) >= 11 is 6.25. The van der Waals surface area contributed by atoms with E-state index in [1.54, 1.807) is 12.1 Å². The Morgan fingerprint density at radius 2 is 2.05 bits per heavy atom. The van der Waals surface area contributed by atoms with E-state index in [2.05, 4.69) is 5.32 Å². The minimum atomic E-state index is -0.341. The van der Waals surface area contributed by atoms with Crippen molar-refractivity contribution in [2.75, 3.05) is 12.3 Å². The van der Waals surface area contributed by atoms with E-state index in [9.17, 15) is 9.18 Å². The molecule has 2 aromatic rings. The number of benzene rings is 2. The van der Waals surface area contributed by atoms with Gasteiger partial charge in [-0.15, -0.1) is 0 Å². The molecule has 1 atom stereocenters. The fraction of sp³-hybridized carbons (Fsp3) is 0.176. The van der Waals surface area contributed by atoms with Gasteiger partial charge in [0.25, 0.3) is 0 Å². The molecule has 0 radical (unpaired) electrons. The highest BCUT2D eigenvalue weighted by Gasteiger charge is 2.24. The Balaban J connectivity index is 2.17. The molecular weight excluding hydrogens is 303 g/mol. The maximum Gasteiger partial charge on any atom is 0.145 e. The van der Waals surface area contributed by atoms with Crippen LogP contribution in [0.2, 0.25) is 5.02 Å². The second kappa shape index (κ2) is 5.84. The van der Waals surface area contributed by atoms with Gasteiger partial charge in [0.2, 0.25) is 0 Å². The highest BCUT2D eigenvalue weighted by Crippen LogP contribution is 2.35. The van der Waals surface area contributed by atoms with E-state index in [1.807, 2.05) is 18.1 Å². The third-order valence-corrected chi connectivity index (χ3v) is 4.23. The number of nitrogens with two attached hydrogens (primary N) is 1. The molecule has 112 valence electrons. The van der Waals surface area contributed by atoms with Crippen molar-refractivity contribution in [2.24, 2.45) is 0 Å². The van der Waals surface area contributed by atoms with Crippen LogP contribution in [0.1, 0.15) is 22.6 Å². The Hall–Kier alpha value is -2.29. The van der Waals surface area contributed by atoms with Gasteiger partial charge in [-0.25, -0.2) is 9.18 Å². The molecule has 3 rings (SSSR count). The number of nitrogen functional groups attached to an aromatic ring is 1. The summed E-state index contributed by atoms with van der Waals surface area (Å²) < 4.78 is 13.6. The predicted octanol–water partition coefficient (Wildman–Crippen LogP) is 3.05. The third kappa shape index (κ3) is 2.71. The number of allylic oxidation sites excluding steroid dienone is 1. The van der Waals surface area contributed by atoms with Crippen LogP contribution in [0.4, 0.5) is 10.1 Å². The predicted molar refractivity (Wildman–Crippen MR) is 85.0 cm³/mol. The van der Waals surface area contributed by atoms with Gasteiger partial charge in [0.1, 0.15) is 17.5 Å². The molecule has 1 aliphatic rings. The van der Waals surface area contributed by atoms with Gasteiger partial charge in [0, 0.05) is 29.6 Å². The van der Waals surface area contributed by atoms with Crippen molar-refractivity contribution >= 4 is 23.2 Å². The number of anilines is 1. The van der Waals surface area contributed by atoms with Crippen LogP contribution in [0.5, 0.6) is 0 Å². The van der Waals surface area contributed by atoms with Gasteiger partial charge in [-0.05, 0) is 47.0 Å². The van der Waals surface area contributed by atoms with Crippen LogP contribution in [0.25, 0.3) is 0 Å². The average Bonchev–Trinajstić information content (AvgIpc) is 2.68. The third-order valence-electron chi connectivity index (χ3n) is 3.89. The van der Waals surface area contributed by atoms with Crippen LogP contribution < -0.4 is 11.1 Å². The maximum absolute atomic E-state index is 13.6. The molecule has 1 aliphatic heterocycles. The molecule has 0 saturated carbocycles. The van der Waals surface area contributed by atoms with Crippen molar-refractivity contribution in [3.8, 4) is 0 Å². The molecule has 5 heteroatoms. The lowest BCUT2D eigenvalue weighted by Gasteiger charge is -2.19. The van der Waals surface area contributed by atoms with Crippen molar-refractivity contribution in [3.63, 3.8) is 0 Å². The number of nitrogens with one attached hydrogen (secondary N) is 1. The topological polar surface area (TPSA) is 55.1 Å². The monoisotopic (exact) mass is 316 g/mol. The van der Waals surface area contributed by atoms with E-state index in [0.29, 0.717) is 34.9 Å². The zero-order valence-electron chi connectivity index (χ0n) is 11.7. The second-order valence-corrected chi connectivity index (χ2v) is 5.72. The van der Waals surface area contributed by atoms with Crippen LogP contribution in [-0.4, -0.2) is 12.5 Å². The summed E-state index contributed by atoms with van der Waals surface area (Å²) in [7, 11) is 0. The second-order valence-electron chi connectivity index (χ2n) is 5.31. The van der Waals surface area contributed by atoms with Crippen molar-refractivity contribution in [3.05, 3.63) is 69.6 Å². The largest absolute Gasteiger partial charge is 0.399 e. The van der Waals surface area contributed by atoms with Crippen LogP contribution in [0, 0.1) is 5.82 Å². The molecule has 3 nitrogen and oxygen atoms in total. The molecule has 0 saturated heterocycles. The number of rotatable bonds is 1. The summed E-state index contributed by atoms with van der Waals surface area (Å²) in [6.45, 7) is 0.449. The van der Waals surface area contributed by atoms with E-state index in [-0.39, 0.29) is 11.7 Å². The van der Waals surface area contributed by atoms with Gasteiger partial charge in [-0.2, -0.15) is 0 Å². The average molecular weight is 317 g/mol. The number of halogens is 2. The Kier molecular flexibility index (Phi) is 3.88. The zero-order chi connectivity index (χ0) is 15.7. The van der Waals surface area contributed by atoms with Gasteiger partial charge >= 0.3 is 0 Å². The zero-order valence-corrected chi connectivity index (χ0v) is 12.5. The van der Waals surface area contributed by atoms with Gasteiger partial charge in [-0.1, -0.05) is 17.7 Å². The highest BCUT2D eigenvalue weighted by atomic mass is 35.5. The molecule has 2 aromatic carbocycles. The molecule has 3 N–H and O–H groups in total. The van der Waals surface area contributed by atoms with Crippen molar-refractivity contribution in [1.82, 2.24) is 5.32 Å². The molecule has 0 fully saturated rings. The fourth-order valence-electron chi connectivity index (χ4n) is 2.84. The normalized spacial score (nSPS) is 17.2. The van der Waals surface area contributed by atoms with E-state index in [4.69, 9.17) is 17.3 Å². The van der Waals surface area contributed by atoms with Crippen LogP contribution in [0.15, 0.2) is 42.1 Å². The molecule has 0 spiro atoms. The lowest BCUT2D eigenvalue weighted by molar-refractivity contribution is 0.563. The first-order valence-corrected chi connectivity index (χ1v) is 7.27. The first-order valence-electron chi connectivity index (χ1n) is 6.89. The highest BCUT2D eigenvalue weighted by molar-refractivity contribution is 6.31. The van der Waals surface area contributed by atoms with Crippen LogP contribution >= 0.6 is 11.6 Å². The number of fused-ring (bicyclic) bond motifs is 1. The van der Waals surface area contributed by atoms with E-state index in [1.165, 1.54) is 12.1 Å². The van der Waals surface area contributed by atoms with Crippen molar-refractivity contribution in [1.29, 1.82) is 0 Å². The number of hydrogen-bond donors (Lipinski definition) is 2. The summed E-state index contributed by atoms with van der Waals surface area (Å²) in [5.41, 5.74) is 9.52. The van der Waals surface area contributed by atoms with Gasteiger partial charge in [-0.3, -0.25) is 0 Å². The minimum absolute atomic E-state index is 0.162. The quantitative estimate of drug-likeness (QED) is 0.628. The van der Waals surface area contributed by atoms with E-state index < -0.39 is 0 Å². The van der Waals surface area contributed by atoms with E-state index >= 15 is 0 Å². The van der Waals surface area contributed by atoms with Crippen LogP contribution in [0.3, 0.4) is 0 Å².